The Bertz CT molecular complexity index is 1390. The van der Waals surface area contributed by atoms with Crippen LogP contribution in [0.25, 0.3) is 17.0 Å². The summed E-state index contributed by atoms with van der Waals surface area (Å²) in [5.74, 6) is 1.09. The number of nitrogens with one attached hydrogen (secondary N) is 1. The standard InChI is InChI=1S/C26H23N5O2/c27-26-28-14-16(15-29-26)5-8-23(32)31-11-9-20-19-3-1-2-4-21(19)30-24(20)25(31)18-6-7-22-17(13-18)10-12-33-22/h1-8,13-15,25,30H,9-12H2,(H2,27,28,29)/t25-/m1/s1. The Hall–Kier alpha value is -4.13. The Morgan fingerprint density at radius 1 is 1.15 bits per heavy atom. The van der Waals surface area contributed by atoms with Crippen LogP contribution >= 0.6 is 0 Å². The molecule has 7 nitrogen and oxygen atoms in total. The molecule has 1 atom stereocenters. The minimum Gasteiger partial charge on any atom is -0.493 e. The monoisotopic (exact) mass is 437 g/mol. The van der Waals surface area contributed by atoms with Crippen molar-refractivity contribution in [2.24, 2.45) is 0 Å². The Kier molecular flexibility index (Phi) is 4.61. The van der Waals surface area contributed by atoms with Gasteiger partial charge < -0.3 is 20.4 Å². The van der Waals surface area contributed by atoms with Crippen LogP contribution in [0, 0.1) is 0 Å². The number of hydrogen-bond donors (Lipinski definition) is 2. The Morgan fingerprint density at radius 2 is 2.00 bits per heavy atom. The van der Waals surface area contributed by atoms with E-state index in [9.17, 15) is 4.79 Å². The number of ether oxygens (including phenoxy) is 1. The van der Waals surface area contributed by atoms with Crippen molar-refractivity contribution < 1.29 is 9.53 Å². The van der Waals surface area contributed by atoms with Crippen LogP contribution in [0.3, 0.4) is 0 Å². The summed E-state index contributed by atoms with van der Waals surface area (Å²) >= 11 is 0. The van der Waals surface area contributed by atoms with Gasteiger partial charge in [0, 0.05) is 53.6 Å². The fourth-order valence-electron chi connectivity index (χ4n) is 4.90. The lowest BCUT2D eigenvalue weighted by molar-refractivity contribution is -0.128. The van der Waals surface area contributed by atoms with E-state index in [0.717, 1.165) is 40.9 Å². The first-order valence-corrected chi connectivity index (χ1v) is 11.1. The Balaban J connectivity index is 1.42. The highest BCUT2D eigenvalue weighted by Gasteiger charge is 2.34. The molecule has 6 rings (SSSR count). The number of nitrogens with zero attached hydrogens (tertiary/aromatic N) is 3. The fraction of sp³-hybridized carbons (Fsp3) is 0.192. The first kappa shape index (κ1) is 19.5. The maximum Gasteiger partial charge on any atom is 0.247 e. The average molecular weight is 438 g/mol. The van der Waals surface area contributed by atoms with Crippen molar-refractivity contribution in [3.63, 3.8) is 0 Å². The highest BCUT2D eigenvalue weighted by atomic mass is 16.5. The maximum absolute atomic E-state index is 13.4. The van der Waals surface area contributed by atoms with Crippen LogP contribution in [0.5, 0.6) is 5.75 Å². The fourth-order valence-corrected chi connectivity index (χ4v) is 4.90. The molecule has 0 aliphatic carbocycles. The molecule has 1 amide bonds. The summed E-state index contributed by atoms with van der Waals surface area (Å²) in [7, 11) is 0. The molecular weight excluding hydrogens is 414 g/mol. The molecule has 4 heterocycles. The van der Waals surface area contributed by atoms with E-state index in [1.165, 1.54) is 16.5 Å². The van der Waals surface area contributed by atoms with Gasteiger partial charge in [0.1, 0.15) is 5.75 Å². The Morgan fingerprint density at radius 3 is 2.88 bits per heavy atom. The largest absolute Gasteiger partial charge is 0.493 e. The van der Waals surface area contributed by atoms with Crippen LogP contribution in [0.4, 0.5) is 5.95 Å². The minimum atomic E-state index is -0.202. The summed E-state index contributed by atoms with van der Waals surface area (Å²) in [5.41, 5.74) is 12.0. The minimum absolute atomic E-state index is 0.0575. The van der Waals surface area contributed by atoms with Crippen molar-refractivity contribution in [1.82, 2.24) is 19.9 Å². The lowest BCUT2D eigenvalue weighted by Crippen LogP contribution is -2.39. The quantitative estimate of drug-likeness (QED) is 0.477. The van der Waals surface area contributed by atoms with Crippen LogP contribution in [0.1, 0.15) is 34.0 Å². The second-order valence-electron chi connectivity index (χ2n) is 8.42. The van der Waals surface area contributed by atoms with Crippen molar-refractivity contribution in [2.45, 2.75) is 18.9 Å². The van der Waals surface area contributed by atoms with Gasteiger partial charge >= 0.3 is 0 Å². The van der Waals surface area contributed by atoms with E-state index >= 15 is 0 Å². The number of carbonyl (C=O) groups is 1. The number of carbonyl (C=O) groups excluding carboxylic acids is 1. The van der Waals surface area contributed by atoms with E-state index in [-0.39, 0.29) is 17.9 Å². The number of H-pyrrole nitrogens is 1. The summed E-state index contributed by atoms with van der Waals surface area (Å²) in [6, 6.07) is 14.4. The molecule has 0 radical (unpaired) electrons. The normalized spacial score (nSPS) is 17.2. The number of rotatable bonds is 3. The van der Waals surface area contributed by atoms with Gasteiger partial charge in [-0.2, -0.15) is 0 Å². The lowest BCUT2D eigenvalue weighted by Gasteiger charge is -2.36. The van der Waals surface area contributed by atoms with Gasteiger partial charge in [0.15, 0.2) is 0 Å². The van der Waals surface area contributed by atoms with Gasteiger partial charge in [0.25, 0.3) is 0 Å². The van der Waals surface area contributed by atoms with Crippen molar-refractivity contribution in [2.75, 3.05) is 18.9 Å². The third-order valence-electron chi connectivity index (χ3n) is 6.46. The third kappa shape index (κ3) is 3.42. The van der Waals surface area contributed by atoms with Crippen LogP contribution in [0.15, 0.2) is 60.9 Å². The molecule has 2 aromatic heterocycles. The van der Waals surface area contributed by atoms with Gasteiger partial charge in [-0.1, -0.05) is 24.3 Å². The molecule has 164 valence electrons. The highest BCUT2D eigenvalue weighted by molar-refractivity contribution is 5.93. The van der Waals surface area contributed by atoms with Gasteiger partial charge in [-0.15, -0.1) is 0 Å². The van der Waals surface area contributed by atoms with Crippen molar-refractivity contribution >= 4 is 28.8 Å². The molecule has 2 aliphatic rings. The SMILES string of the molecule is Nc1ncc(C=CC(=O)N2CCc3c([nH]c4ccccc34)[C@H]2c2ccc3c(c2)CCO3)cn1. The summed E-state index contributed by atoms with van der Waals surface area (Å²) < 4.78 is 5.71. The molecule has 0 saturated carbocycles. The zero-order valence-electron chi connectivity index (χ0n) is 18.0. The van der Waals surface area contributed by atoms with E-state index in [0.29, 0.717) is 13.2 Å². The van der Waals surface area contributed by atoms with E-state index in [4.69, 9.17) is 10.5 Å². The van der Waals surface area contributed by atoms with E-state index in [2.05, 4.69) is 45.3 Å². The number of fused-ring (bicyclic) bond motifs is 4. The average Bonchev–Trinajstić information content (AvgIpc) is 3.46. The molecule has 3 N–H and O–H groups in total. The number of hydrogen-bond acceptors (Lipinski definition) is 5. The maximum atomic E-state index is 13.4. The van der Waals surface area contributed by atoms with Crippen LogP contribution in [0.2, 0.25) is 0 Å². The van der Waals surface area contributed by atoms with Gasteiger partial charge in [-0.25, -0.2) is 9.97 Å². The van der Waals surface area contributed by atoms with E-state index in [1.54, 1.807) is 24.5 Å². The number of para-hydroxylation sites is 1. The highest BCUT2D eigenvalue weighted by Crippen LogP contribution is 2.40. The number of nitrogens with two attached hydrogens (primary N) is 1. The van der Waals surface area contributed by atoms with Crippen molar-refractivity contribution in [1.29, 1.82) is 0 Å². The van der Waals surface area contributed by atoms with Gasteiger partial charge in [-0.3, -0.25) is 4.79 Å². The predicted molar refractivity (Wildman–Crippen MR) is 127 cm³/mol. The number of aromatic amines is 1. The number of amides is 1. The summed E-state index contributed by atoms with van der Waals surface area (Å²) in [6.07, 6.45) is 8.23. The molecule has 2 aliphatic heterocycles. The summed E-state index contributed by atoms with van der Waals surface area (Å²) in [6.45, 7) is 1.34. The zero-order valence-corrected chi connectivity index (χ0v) is 18.0. The molecular formula is C26H23N5O2. The second-order valence-corrected chi connectivity index (χ2v) is 8.42. The number of anilines is 1. The molecule has 33 heavy (non-hydrogen) atoms. The molecule has 0 saturated heterocycles. The van der Waals surface area contributed by atoms with Gasteiger partial charge in [-0.05, 0) is 47.4 Å². The Labute approximate surface area is 190 Å². The van der Waals surface area contributed by atoms with Gasteiger partial charge in [0.05, 0.1) is 12.6 Å². The lowest BCUT2D eigenvalue weighted by atomic mass is 9.91. The van der Waals surface area contributed by atoms with Crippen molar-refractivity contribution in [3.05, 3.63) is 88.9 Å². The molecule has 7 heteroatoms. The number of benzene rings is 2. The molecule has 4 aromatic rings. The zero-order chi connectivity index (χ0) is 22.4. The van der Waals surface area contributed by atoms with Gasteiger partial charge in [0.2, 0.25) is 11.9 Å². The topological polar surface area (TPSA) is 97.1 Å². The number of nitrogen functional groups attached to an aromatic ring is 1. The predicted octanol–water partition coefficient (Wildman–Crippen LogP) is 3.66. The first-order chi connectivity index (χ1) is 16.2. The first-order valence-electron chi connectivity index (χ1n) is 11.1. The van der Waals surface area contributed by atoms with E-state index < -0.39 is 0 Å². The second kappa shape index (κ2) is 7.78. The van der Waals surface area contributed by atoms with Crippen LogP contribution in [-0.2, 0) is 17.6 Å². The third-order valence-corrected chi connectivity index (χ3v) is 6.46. The van der Waals surface area contributed by atoms with Crippen LogP contribution in [-0.4, -0.2) is 38.9 Å². The summed E-state index contributed by atoms with van der Waals surface area (Å²) in [4.78, 5) is 27.0. The smallest absolute Gasteiger partial charge is 0.247 e. The molecule has 0 bridgehead atoms. The van der Waals surface area contributed by atoms with E-state index in [1.807, 2.05) is 17.0 Å². The van der Waals surface area contributed by atoms with Crippen molar-refractivity contribution in [3.8, 4) is 5.75 Å². The summed E-state index contributed by atoms with van der Waals surface area (Å²) in [5, 5.41) is 1.23. The number of aromatic nitrogens is 3. The molecule has 2 aromatic carbocycles. The van der Waals surface area contributed by atoms with Crippen LogP contribution < -0.4 is 10.5 Å². The molecule has 0 unspecified atom stereocenters. The molecule has 0 spiro atoms. The molecule has 0 fully saturated rings.